The lowest BCUT2D eigenvalue weighted by Gasteiger charge is -2.16. The van der Waals surface area contributed by atoms with E-state index in [9.17, 15) is 18.0 Å². The van der Waals surface area contributed by atoms with E-state index in [1.165, 1.54) is 33.2 Å². The lowest BCUT2D eigenvalue weighted by Crippen LogP contribution is -2.30. The van der Waals surface area contributed by atoms with Crippen molar-refractivity contribution in [2.45, 2.75) is 24.8 Å². The molecule has 0 unspecified atom stereocenters. The van der Waals surface area contributed by atoms with Crippen LogP contribution in [0.2, 0.25) is 5.02 Å². The summed E-state index contributed by atoms with van der Waals surface area (Å²) in [6.45, 7) is 3.25. The second-order valence-corrected chi connectivity index (χ2v) is 8.84. The minimum absolute atomic E-state index is 0.0224. The number of aryl methyl sites for hydroxylation is 1. The summed E-state index contributed by atoms with van der Waals surface area (Å²) < 4.78 is 30.7. The summed E-state index contributed by atoms with van der Waals surface area (Å²) in [5.41, 5.74) is 1.33. The summed E-state index contributed by atoms with van der Waals surface area (Å²) in [6, 6.07) is 10.9. The molecule has 0 aromatic heterocycles. The number of benzene rings is 2. The number of sulfonamides is 1. The third-order valence-electron chi connectivity index (χ3n) is 3.99. The number of nitrogens with zero attached hydrogens (tertiary/aromatic N) is 1. The third-order valence-corrected chi connectivity index (χ3v) is 6.13. The Bertz CT molecular complexity index is 1010. The quantitative estimate of drug-likeness (QED) is 0.719. The van der Waals surface area contributed by atoms with Gasteiger partial charge in [0, 0.05) is 19.8 Å². The van der Waals surface area contributed by atoms with E-state index < -0.39 is 28.0 Å². The van der Waals surface area contributed by atoms with Gasteiger partial charge in [0.05, 0.1) is 15.5 Å². The number of hydrogen-bond acceptors (Lipinski definition) is 5. The van der Waals surface area contributed by atoms with Gasteiger partial charge in [0.15, 0.2) is 6.10 Å². The van der Waals surface area contributed by atoms with Crippen molar-refractivity contribution in [1.29, 1.82) is 0 Å². The molecule has 1 amide bonds. The molecular formula is C19H21ClN2O5S. The van der Waals surface area contributed by atoms with Crippen LogP contribution in [0.15, 0.2) is 47.4 Å². The van der Waals surface area contributed by atoms with Crippen LogP contribution in [-0.4, -0.2) is 44.8 Å². The molecule has 0 fully saturated rings. The molecule has 1 N–H and O–H groups in total. The van der Waals surface area contributed by atoms with E-state index in [1.54, 1.807) is 12.1 Å². The molecule has 9 heteroatoms. The molecule has 0 saturated carbocycles. The molecule has 0 bridgehead atoms. The molecule has 0 aliphatic carbocycles. The molecule has 2 rings (SSSR count). The average Bonchev–Trinajstić information content (AvgIpc) is 2.63. The Labute approximate surface area is 169 Å². The molecule has 2 aromatic carbocycles. The summed E-state index contributed by atoms with van der Waals surface area (Å²) in [5.74, 6) is -1.41. The van der Waals surface area contributed by atoms with Crippen LogP contribution in [0.1, 0.15) is 22.8 Å². The molecule has 0 radical (unpaired) electrons. The van der Waals surface area contributed by atoms with E-state index in [2.05, 4.69) is 5.32 Å². The number of nitrogens with one attached hydrogen (secondary N) is 1. The Morgan fingerprint density at radius 1 is 1.14 bits per heavy atom. The number of rotatable bonds is 6. The van der Waals surface area contributed by atoms with Gasteiger partial charge in [-0.2, -0.15) is 0 Å². The highest BCUT2D eigenvalue weighted by Crippen LogP contribution is 2.23. The number of carbonyl (C=O) groups is 2. The molecule has 0 aliphatic rings. The third kappa shape index (κ3) is 4.89. The minimum Gasteiger partial charge on any atom is -0.449 e. The van der Waals surface area contributed by atoms with Crippen LogP contribution in [0.4, 0.5) is 5.69 Å². The molecule has 0 heterocycles. The summed E-state index contributed by atoms with van der Waals surface area (Å²) in [4.78, 5) is 24.7. The second-order valence-electron chi connectivity index (χ2n) is 6.28. The van der Waals surface area contributed by atoms with Crippen LogP contribution in [0.3, 0.4) is 0 Å². The van der Waals surface area contributed by atoms with E-state index in [4.69, 9.17) is 16.3 Å². The van der Waals surface area contributed by atoms with Crippen LogP contribution < -0.4 is 5.32 Å². The number of para-hydroxylation sites is 1. The number of anilines is 1. The first-order valence-electron chi connectivity index (χ1n) is 8.33. The number of carbonyl (C=O) groups excluding carboxylic acids is 2. The molecule has 0 spiro atoms. The van der Waals surface area contributed by atoms with E-state index in [0.29, 0.717) is 5.69 Å². The number of amides is 1. The van der Waals surface area contributed by atoms with Gasteiger partial charge in [0.25, 0.3) is 5.91 Å². The summed E-state index contributed by atoms with van der Waals surface area (Å²) in [7, 11) is -1.00. The van der Waals surface area contributed by atoms with Crippen LogP contribution in [0, 0.1) is 6.92 Å². The Hall–Kier alpha value is -2.42. The smallest absolute Gasteiger partial charge is 0.340 e. The van der Waals surface area contributed by atoms with Crippen molar-refractivity contribution in [3.8, 4) is 0 Å². The largest absolute Gasteiger partial charge is 0.449 e. The topological polar surface area (TPSA) is 92.8 Å². The molecule has 28 heavy (non-hydrogen) atoms. The maximum absolute atomic E-state index is 12.5. The van der Waals surface area contributed by atoms with Gasteiger partial charge in [-0.25, -0.2) is 17.5 Å². The van der Waals surface area contributed by atoms with Crippen molar-refractivity contribution in [1.82, 2.24) is 4.31 Å². The van der Waals surface area contributed by atoms with Crippen molar-refractivity contribution < 1.29 is 22.7 Å². The maximum atomic E-state index is 12.5. The van der Waals surface area contributed by atoms with Gasteiger partial charge in [-0.15, -0.1) is 0 Å². The van der Waals surface area contributed by atoms with Crippen LogP contribution >= 0.6 is 11.6 Å². The molecule has 150 valence electrons. The minimum atomic E-state index is -3.75. The predicted molar refractivity (Wildman–Crippen MR) is 107 cm³/mol. The summed E-state index contributed by atoms with van der Waals surface area (Å²) in [6.07, 6.45) is -1.11. The molecule has 0 saturated heterocycles. The maximum Gasteiger partial charge on any atom is 0.340 e. The number of esters is 1. The fourth-order valence-electron chi connectivity index (χ4n) is 2.26. The Kier molecular flexibility index (Phi) is 6.82. The van der Waals surface area contributed by atoms with Gasteiger partial charge < -0.3 is 10.1 Å². The number of ether oxygens (including phenoxy) is 1. The van der Waals surface area contributed by atoms with Crippen LogP contribution in [-0.2, 0) is 19.6 Å². The zero-order valence-electron chi connectivity index (χ0n) is 15.9. The molecule has 0 aliphatic heterocycles. The van der Waals surface area contributed by atoms with Gasteiger partial charge in [-0.1, -0.05) is 29.8 Å². The zero-order chi connectivity index (χ0) is 21.1. The first kappa shape index (κ1) is 21.9. The van der Waals surface area contributed by atoms with Gasteiger partial charge in [0.2, 0.25) is 10.0 Å². The molecule has 2 aromatic rings. The summed E-state index contributed by atoms with van der Waals surface area (Å²) in [5, 5.41) is 2.70. The molecule has 1 atom stereocenters. The average molecular weight is 425 g/mol. The van der Waals surface area contributed by atoms with E-state index >= 15 is 0 Å². The van der Waals surface area contributed by atoms with Gasteiger partial charge in [-0.05, 0) is 43.7 Å². The van der Waals surface area contributed by atoms with Crippen LogP contribution in [0.25, 0.3) is 0 Å². The number of halogens is 1. The van der Waals surface area contributed by atoms with Crippen molar-refractivity contribution in [2.75, 3.05) is 19.4 Å². The van der Waals surface area contributed by atoms with E-state index in [0.717, 1.165) is 15.9 Å². The lowest BCUT2D eigenvalue weighted by atomic mass is 10.2. The van der Waals surface area contributed by atoms with Crippen molar-refractivity contribution in [3.63, 3.8) is 0 Å². The molecule has 7 nitrogen and oxygen atoms in total. The second kappa shape index (κ2) is 8.72. The van der Waals surface area contributed by atoms with Crippen molar-refractivity contribution in [2.24, 2.45) is 0 Å². The SMILES string of the molecule is Cc1ccccc1NC(=O)[C@@H](C)OC(=O)c1cc(S(=O)(=O)N(C)C)ccc1Cl. The Morgan fingerprint density at radius 2 is 1.79 bits per heavy atom. The van der Waals surface area contributed by atoms with Crippen molar-refractivity contribution >= 4 is 39.2 Å². The lowest BCUT2D eigenvalue weighted by molar-refractivity contribution is -0.123. The fourth-order valence-corrected chi connectivity index (χ4v) is 3.38. The highest BCUT2D eigenvalue weighted by atomic mass is 35.5. The fraction of sp³-hybridized carbons (Fsp3) is 0.263. The highest BCUT2D eigenvalue weighted by Gasteiger charge is 2.24. The molecular weight excluding hydrogens is 404 g/mol. The van der Waals surface area contributed by atoms with Gasteiger partial charge in [0.1, 0.15) is 0 Å². The van der Waals surface area contributed by atoms with Gasteiger partial charge in [-0.3, -0.25) is 4.79 Å². The van der Waals surface area contributed by atoms with Gasteiger partial charge >= 0.3 is 5.97 Å². The Morgan fingerprint density at radius 3 is 2.39 bits per heavy atom. The standard InChI is InChI=1S/C19H21ClN2O5S/c1-12-7-5-6-8-17(12)21-18(23)13(2)27-19(24)15-11-14(9-10-16(15)20)28(25,26)22(3)4/h5-11,13H,1-4H3,(H,21,23)/t13-/m1/s1. The first-order valence-corrected chi connectivity index (χ1v) is 10.2. The van der Waals surface area contributed by atoms with E-state index in [1.807, 2.05) is 19.1 Å². The first-order chi connectivity index (χ1) is 13.0. The monoisotopic (exact) mass is 424 g/mol. The highest BCUT2D eigenvalue weighted by molar-refractivity contribution is 7.89. The normalized spacial score (nSPS) is 12.5. The van der Waals surface area contributed by atoms with Crippen LogP contribution in [0.5, 0.6) is 0 Å². The van der Waals surface area contributed by atoms with Crippen molar-refractivity contribution in [3.05, 3.63) is 58.6 Å². The Balaban J connectivity index is 2.18. The summed E-state index contributed by atoms with van der Waals surface area (Å²) >= 11 is 6.02. The number of hydrogen-bond donors (Lipinski definition) is 1. The zero-order valence-corrected chi connectivity index (χ0v) is 17.5. The van der Waals surface area contributed by atoms with E-state index in [-0.39, 0.29) is 15.5 Å². The predicted octanol–water partition coefficient (Wildman–Crippen LogP) is 3.08.